The molecule has 0 aliphatic carbocycles. The number of carbonyl (C=O) groups is 1. The first-order chi connectivity index (χ1) is 9.51. The van der Waals surface area contributed by atoms with Crippen LogP contribution in [0.4, 0.5) is 5.69 Å². The Morgan fingerprint density at radius 3 is 2.80 bits per heavy atom. The van der Waals surface area contributed by atoms with E-state index in [0.717, 1.165) is 28.7 Å². The lowest BCUT2D eigenvalue weighted by atomic mass is 10.2. The highest BCUT2D eigenvalue weighted by molar-refractivity contribution is 9.10. The largest absolute Gasteiger partial charge is 0.342 e. The Hall–Kier alpha value is -1.26. The second-order valence-corrected chi connectivity index (χ2v) is 5.95. The fourth-order valence-electron chi connectivity index (χ4n) is 2.01. The van der Waals surface area contributed by atoms with Crippen molar-refractivity contribution in [1.82, 2.24) is 4.57 Å². The number of nitrogens with one attached hydrogen (secondary N) is 1. The van der Waals surface area contributed by atoms with E-state index in [1.807, 2.05) is 29.7 Å². The number of aryl methyl sites for hydroxylation is 2. The molecule has 0 saturated heterocycles. The lowest BCUT2D eigenvalue weighted by molar-refractivity contribution is 0.101. The number of aromatic nitrogens is 1. The molecule has 0 aliphatic heterocycles. The van der Waals surface area contributed by atoms with Crippen molar-refractivity contribution < 1.29 is 4.79 Å². The highest BCUT2D eigenvalue weighted by Crippen LogP contribution is 2.21. The van der Waals surface area contributed by atoms with Crippen LogP contribution in [0.2, 0.25) is 5.02 Å². The predicted molar refractivity (Wildman–Crippen MR) is 86.6 cm³/mol. The van der Waals surface area contributed by atoms with Crippen LogP contribution in [0.1, 0.15) is 29.4 Å². The third kappa shape index (κ3) is 3.44. The van der Waals surface area contributed by atoms with Gasteiger partial charge in [0.25, 0.3) is 5.91 Å². The number of nitrogens with zero attached hydrogens (tertiary/aromatic N) is 1. The lowest BCUT2D eigenvalue weighted by Gasteiger charge is -2.09. The van der Waals surface area contributed by atoms with Crippen molar-refractivity contribution >= 4 is 39.1 Å². The van der Waals surface area contributed by atoms with Crippen molar-refractivity contribution in [3.05, 3.63) is 51.2 Å². The Balaban J connectivity index is 2.21. The van der Waals surface area contributed by atoms with Crippen molar-refractivity contribution in [2.75, 3.05) is 5.32 Å². The Labute approximate surface area is 132 Å². The number of hydrogen-bond donors (Lipinski definition) is 1. The first kappa shape index (κ1) is 15.1. The molecule has 1 aromatic carbocycles. The van der Waals surface area contributed by atoms with Crippen LogP contribution < -0.4 is 5.32 Å². The molecule has 20 heavy (non-hydrogen) atoms. The molecular formula is C15H16BrClN2O. The van der Waals surface area contributed by atoms with E-state index in [4.69, 9.17) is 11.6 Å². The van der Waals surface area contributed by atoms with Gasteiger partial charge in [0.1, 0.15) is 5.69 Å². The fraction of sp³-hybridized carbons (Fsp3) is 0.267. The first-order valence-electron chi connectivity index (χ1n) is 6.44. The van der Waals surface area contributed by atoms with Gasteiger partial charge in [0.2, 0.25) is 0 Å². The molecule has 0 aliphatic rings. The van der Waals surface area contributed by atoms with Gasteiger partial charge in [0.15, 0.2) is 0 Å². The molecule has 1 heterocycles. The normalized spacial score (nSPS) is 10.6. The molecule has 0 atom stereocenters. The number of amides is 1. The summed E-state index contributed by atoms with van der Waals surface area (Å²) >= 11 is 9.43. The summed E-state index contributed by atoms with van der Waals surface area (Å²) in [5.41, 5.74) is 2.43. The zero-order valence-electron chi connectivity index (χ0n) is 11.4. The van der Waals surface area contributed by atoms with E-state index in [1.54, 1.807) is 12.3 Å². The van der Waals surface area contributed by atoms with E-state index in [2.05, 4.69) is 28.2 Å². The van der Waals surface area contributed by atoms with Crippen molar-refractivity contribution in [3.8, 4) is 0 Å². The second kappa shape index (κ2) is 6.46. The molecule has 2 rings (SSSR count). The zero-order chi connectivity index (χ0) is 14.7. The quantitative estimate of drug-likeness (QED) is 0.833. The average molecular weight is 356 g/mol. The molecule has 0 bridgehead atoms. The molecule has 1 amide bonds. The number of anilines is 1. The van der Waals surface area contributed by atoms with Gasteiger partial charge in [-0.2, -0.15) is 0 Å². The number of rotatable bonds is 4. The minimum Gasteiger partial charge on any atom is -0.342 e. The summed E-state index contributed by atoms with van der Waals surface area (Å²) in [5, 5.41) is 3.48. The number of benzene rings is 1. The van der Waals surface area contributed by atoms with Gasteiger partial charge >= 0.3 is 0 Å². The van der Waals surface area contributed by atoms with E-state index in [-0.39, 0.29) is 5.91 Å². The van der Waals surface area contributed by atoms with Crippen LogP contribution in [0.15, 0.2) is 34.9 Å². The number of carbonyl (C=O) groups excluding carboxylic acids is 1. The Morgan fingerprint density at radius 1 is 1.40 bits per heavy atom. The summed E-state index contributed by atoms with van der Waals surface area (Å²) in [4.78, 5) is 12.3. The summed E-state index contributed by atoms with van der Waals surface area (Å²) in [6, 6.07) is 7.40. The molecule has 0 unspecified atom stereocenters. The topological polar surface area (TPSA) is 34.0 Å². The lowest BCUT2D eigenvalue weighted by Crippen LogP contribution is -2.16. The molecule has 1 aromatic heterocycles. The van der Waals surface area contributed by atoms with Crippen molar-refractivity contribution in [2.45, 2.75) is 26.8 Å². The van der Waals surface area contributed by atoms with Crippen LogP contribution >= 0.6 is 27.5 Å². The molecular weight excluding hydrogens is 340 g/mol. The van der Waals surface area contributed by atoms with E-state index < -0.39 is 0 Å². The van der Waals surface area contributed by atoms with Gasteiger partial charge in [-0.15, -0.1) is 0 Å². The van der Waals surface area contributed by atoms with Crippen molar-refractivity contribution in [2.24, 2.45) is 0 Å². The monoisotopic (exact) mass is 354 g/mol. The van der Waals surface area contributed by atoms with E-state index in [9.17, 15) is 4.79 Å². The predicted octanol–water partition coefficient (Wildman–Crippen LogP) is 4.87. The standard InChI is InChI=1S/C15H16BrClN2O/c1-3-6-19-9-11(17)8-14(19)15(20)18-12-4-5-13(16)10(2)7-12/h4-5,7-9H,3,6H2,1-2H3,(H,18,20). The van der Waals surface area contributed by atoms with Gasteiger partial charge in [0.05, 0.1) is 5.02 Å². The van der Waals surface area contributed by atoms with E-state index in [0.29, 0.717) is 10.7 Å². The first-order valence-corrected chi connectivity index (χ1v) is 7.61. The van der Waals surface area contributed by atoms with Gasteiger partial charge in [-0.1, -0.05) is 34.5 Å². The summed E-state index contributed by atoms with van der Waals surface area (Å²) in [6.07, 6.45) is 2.73. The Kier molecular flexibility index (Phi) is 4.89. The molecule has 0 spiro atoms. The SMILES string of the molecule is CCCn1cc(Cl)cc1C(=O)Nc1ccc(Br)c(C)c1. The van der Waals surface area contributed by atoms with Crippen LogP contribution in [0, 0.1) is 6.92 Å². The Morgan fingerprint density at radius 2 is 2.15 bits per heavy atom. The maximum absolute atomic E-state index is 12.3. The Bertz CT molecular complexity index is 637. The third-order valence-corrected chi connectivity index (χ3v) is 4.07. The third-order valence-electron chi connectivity index (χ3n) is 2.98. The van der Waals surface area contributed by atoms with Crippen LogP contribution in [0.5, 0.6) is 0 Å². The fourth-order valence-corrected chi connectivity index (χ4v) is 2.48. The molecule has 1 N–H and O–H groups in total. The van der Waals surface area contributed by atoms with Crippen molar-refractivity contribution in [3.63, 3.8) is 0 Å². The maximum atomic E-state index is 12.3. The highest BCUT2D eigenvalue weighted by Gasteiger charge is 2.13. The van der Waals surface area contributed by atoms with Gasteiger partial charge < -0.3 is 9.88 Å². The second-order valence-electron chi connectivity index (χ2n) is 4.66. The van der Waals surface area contributed by atoms with E-state index >= 15 is 0 Å². The van der Waals surface area contributed by atoms with Gasteiger partial charge in [-0.25, -0.2) is 0 Å². The molecule has 0 fully saturated rings. The number of hydrogen-bond acceptors (Lipinski definition) is 1. The number of halogens is 2. The van der Waals surface area contributed by atoms with Crippen LogP contribution in [0.25, 0.3) is 0 Å². The molecule has 3 nitrogen and oxygen atoms in total. The minimum absolute atomic E-state index is 0.146. The summed E-state index contributed by atoms with van der Waals surface area (Å²) in [5.74, 6) is -0.146. The highest BCUT2D eigenvalue weighted by atomic mass is 79.9. The minimum atomic E-state index is -0.146. The van der Waals surface area contributed by atoms with Gasteiger partial charge in [-0.05, 0) is 43.2 Å². The summed E-state index contributed by atoms with van der Waals surface area (Å²) in [7, 11) is 0. The molecule has 2 aromatic rings. The summed E-state index contributed by atoms with van der Waals surface area (Å²) < 4.78 is 2.90. The molecule has 0 saturated carbocycles. The zero-order valence-corrected chi connectivity index (χ0v) is 13.8. The van der Waals surface area contributed by atoms with Crippen LogP contribution in [-0.2, 0) is 6.54 Å². The van der Waals surface area contributed by atoms with Gasteiger partial charge in [-0.3, -0.25) is 4.79 Å². The smallest absolute Gasteiger partial charge is 0.272 e. The van der Waals surface area contributed by atoms with Gasteiger partial charge in [0, 0.05) is 22.9 Å². The average Bonchev–Trinajstić information content (AvgIpc) is 2.75. The molecule has 106 valence electrons. The summed E-state index contributed by atoms with van der Waals surface area (Å²) in [6.45, 7) is 4.82. The van der Waals surface area contributed by atoms with Crippen LogP contribution in [0.3, 0.4) is 0 Å². The molecule has 5 heteroatoms. The van der Waals surface area contributed by atoms with Crippen LogP contribution in [-0.4, -0.2) is 10.5 Å². The van der Waals surface area contributed by atoms with E-state index in [1.165, 1.54) is 0 Å². The molecule has 0 radical (unpaired) electrons. The van der Waals surface area contributed by atoms with Crippen molar-refractivity contribution in [1.29, 1.82) is 0 Å². The maximum Gasteiger partial charge on any atom is 0.272 e.